The molecule has 0 heterocycles. The molecule has 0 unspecified atom stereocenters. The number of rotatable bonds is 7. The lowest BCUT2D eigenvalue weighted by atomic mass is 10.0. The fourth-order valence-electron chi connectivity index (χ4n) is 2.36. The first-order valence-corrected chi connectivity index (χ1v) is 7.29. The molecule has 101 valence electrons. The lowest BCUT2D eigenvalue weighted by Gasteiger charge is -2.09. The van der Waals surface area contributed by atoms with E-state index in [1.165, 1.54) is 29.2 Å². The smallest absolute Gasteiger partial charge is 0.119 e. The fraction of sp³-hybridized carbons (Fsp3) is 0.389. The van der Waals surface area contributed by atoms with Gasteiger partial charge in [-0.2, -0.15) is 0 Å². The topological polar surface area (TPSA) is 9.23 Å². The summed E-state index contributed by atoms with van der Waals surface area (Å²) in [5.74, 6) is 0.986. The zero-order chi connectivity index (χ0) is 13.5. The highest BCUT2D eigenvalue weighted by Crippen LogP contribution is 2.25. The Balaban J connectivity index is 2.15. The average Bonchev–Trinajstić information content (AvgIpc) is 2.44. The van der Waals surface area contributed by atoms with Crippen LogP contribution in [0.15, 0.2) is 36.4 Å². The Labute approximate surface area is 116 Å². The maximum Gasteiger partial charge on any atom is 0.119 e. The third kappa shape index (κ3) is 3.73. The maximum atomic E-state index is 5.83. The summed E-state index contributed by atoms with van der Waals surface area (Å²) in [5.41, 5.74) is 1.37. The molecule has 0 aliphatic rings. The zero-order valence-electron chi connectivity index (χ0n) is 11.8. The molecule has 0 saturated heterocycles. The van der Waals surface area contributed by atoms with Gasteiger partial charge in [-0.05, 0) is 47.7 Å². The molecule has 0 amide bonds. The van der Waals surface area contributed by atoms with Crippen LogP contribution >= 0.6 is 0 Å². The first-order chi connectivity index (χ1) is 9.35. The molecule has 0 N–H and O–H groups in total. The van der Waals surface area contributed by atoms with Crippen molar-refractivity contribution in [2.45, 2.75) is 39.0 Å². The van der Waals surface area contributed by atoms with Gasteiger partial charge in [0.05, 0.1) is 6.61 Å². The Morgan fingerprint density at radius 2 is 2.00 bits per heavy atom. The van der Waals surface area contributed by atoms with E-state index in [2.05, 4.69) is 50.2 Å². The predicted molar refractivity (Wildman–Crippen MR) is 82.6 cm³/mol. The Morgan fingerprint density at radius 3 is 2.79 bits per heavy atom. The third-order valence-corrected chi connectivity index (χ3v) is 3.41. The van der Waals surface area contributed by atoms with Crippen molar-refractivity contribution in [2.75, 3.05) is 6.61 Å². The maximum absolute atomic E-state index is 5.83. The molecule has 0 saturated carbocycles. The van der Waals surface area contributed by atoms with E-state index in [1.54, 1.807) is 0 Å². The molecule has 0 aliphatic heterocycles. The Kier molecular flexibility index (Phi) is 5.26. The molecule has 0 fully saturated rings. The van der Waals surface area contributed by atoms with Crippen LogP contribution in [0.3, 0.4) is 0 Å². The summed E-state index contributed by atoms with van der Waals surface area (Å²) < 4.78 is 5.83. The first-order valence-electron chi connectivity index (χ1n) is 7.29. The Hall–Kier alpha value is -1.50. The number of hydrogen-bond acceptors (Lipinski definition) is 1. The number of unbranched alkanes of at least 4 members (excludes halogenated alkanes) is 2. The van der Waals surface area contributed by atoms with Crippen molar-refractivity contribution in [1.82, 2.24) is 0 Å². The van der Waals surface area contributed by atoms with E-state index >= 15 is 0 Å². The fourth-order valence-corrected chi connectivity index (χ4v) is 2.36. The number of fused-ring (bicyclic) bond motifs is 1. The molecule has 0 aromatic heterocycles. The molecule has 0 atom stereocenters. The summed E-state index contributed by atoms with van der Waals surface area (Å²) in [5, 5.41) is 2.59. The van der Waals surface area contributed by atoms with E-state index in [0.29, 0.717) is 0 Å². The van der Waals surface area contributed by atoms with E-state index in [4.69, 9.17) is 4.74 Å². The van der Waals surface area contributed by atoms with Gasteiger partial charge < -0.3 is 4.74 Å². The van der Waals surface area contributed by atoms with E-state index < -0.39 is 0 Å². The van der Waals surface area contributed by atoms with Crippen LogP contribution in [-0.4, -0.2) is 6.61 Å². The molecular weight excluding hydrogens is 232 g/mol. The highest BCUT2D eigenvalue weighted by atomic mass is 16.5. The monoisotopic (exact) mass is 255 g/mol. The predicted octanol–water partition coefficient (Wildman–Crippen LogP) is 5.18. The number of ether oxygens (including phenoxy) is 1. The van der Waals surface area contributed by atoms with Crippen molar-refractivity contribution in [1.29, 1.82) is 0 Å². The van der Waals surface area contributed by atoms with Crippen molar-refractivity contribution in [3.63, 3.8) is 0 Å². The minimum atomic E-state index is 0.816. The molecule has 2 aromatic carbocycles. The van der Waals surface area contributed by atoms with E-state index in [1.807, 2.05) is 0 Å². The molecule has 1 radical (unpaired) electrons. The SMILES string of the molecule is [CH2]CCc1cccc2ccc(OCCCCC)cc12. The van der Waals surface area contributed by atoms with Crippen molar-refractivity contribution >= 4 is 10.8 Å². The molecule has 1 nitrogen and oxygen atoms in total. The van der Waals surface area contributed by atoms with Crippen LogP contribution in [0.5, 0.6) is 5.75 Å². The van der Waals surface area contributed by atoms with Crippen LogP contribution in [-0.2, 0) is 6.42 Å². The van der Waals surface area contributed by atoms with Crippen LogP contribution in [0, 0.1) is 6.92 Å². The van der Waals surface area contributed by atoms with Gasteiger partial charge in [-0.1, -0.05) is 51.0 Å². The molecule has 2 rings (SSSR count). The van der Waals surface area contributed by atoms with Crippen molar-refractivity contribution in [2.24, 2.45) is 0 Å². The van der Waals surface area contributed by atoms with E-state index in [-0.39, 0.29) is 0 Å². The minimum absolute atomic E-state index is 0.816. The van der Waals surface area contributed by atoms with Gasteiger partial charge in [0.2, 0.25) is 0 Å². The summed E-state index contributed by atoms with van der Waals surface area (Å²) in [7, 11) is 0. The van der Waals surface area contributed by atoms with Crippen LogP contribution in [0.4, 0.5) is 0 Å². The highest BCUT2D eigenvalue weighted by molar-refractivity contribution is 5.87. The van der Waals surface area contributed by atoms with Gasteiger partial charge in [0.15, 0.2) is 0 Å². The van der Waals surface area contributed by atoms with Gasteiger partial charge in [-0.15, -0.1) is 0 Å². The summed E-state index contributed by atoms with van der Waals surface area (Å²) in [6, 6.07) is 12.9. The summed E-state index contributed by atoms with van der Waals surface area (Å²) in [4.78, 5) is 0. The standard InChI is InChI=1S/C18H23O/c1-3-5-6-13-19-17-12-11-16-10-7-9-15(8-4-2)18(16)14-17/h7,9-12,14H,2-6,8,13H2,1H3. The van der Waals surface area contributed by atoms with Crippen LogP contribution in [0.1, 0.15) is 38.2 Å². The molecule has 0 bridgehead atoms. The molecule has 19 heavy (non-hydrogen) atoms. The van der Waals surface area contributed by atoms with Gasteiger partial charge in [0.25, 0.3) is 0 Å². The summed E-state index contributed by atoms with van der Waals surface area (Å²) >= 11 is 0. The molecule has 0 spiro atoms. The molecule has 2 aromatic rings. The second kappa shape index (κ2) is 7.18. The second-order valence-corrected chi connectivity index (χ2v) is 4.96. The first kappa shape index (κ1) is 13.9. The van der Waals surface area contributed by atoms with Crippen molar-refractivity contribution < 1.29 is 4.74 Å². The van der Waals surface area contributed by atoms with Gasteiger partial charge in [-0.25, -0.2) is 0 Å². The van der Waals surface area contributed by atoms with Gasteiger partial charge >= 0.3 is 0 Å². The zero-order valence-corrected chi connectivity index (χ0v) is 11.8. The average molecular weight is 255 g/mol. The normalized spacial score (nSPS) is 10.8. The van der Waals surface area contributed by atoms with Gasteiger partial charge in [0.1, 0.15) is 5.75 Å². The second-order valence-electron chi connectivity index (χ2n) is 4.96. The summed E-state index contributed by atoms with van der Waals surface area (Å²) in [6.45, 7) is 6.97. The van der Waals surface area contributed by atoms with Crippen molar-refractivity contribution in [3.8, 4) is 5.75 Å². The minimum Gasteiger partial charge on any atom is -0.494 e. The van der Waals surface area contributed by atoms with E-state index in [0.717, 1.165) is 31.6 Å². The summed E-state index contributed by atoms with van der Waals surface area (Å²) in [6.07, 6.45) is 5.56. The van der Waals surface area contributed by atoms with Crippen LogP contribution in [0.25, 0.3) is 10.8 Å². The van der Waals surface area contributed by atoms with Crippen LogP contribution < -0.4 is 4.74 Å². The largest absolute Gasteiger partial charge is 0.494 e. The quantitative estimate of drug-likeness (QED) is 0.620. The Morgan fingerprint density at radius 1 is 1.11 bits per heavy atom. The van der Waals surface area contributed by atoms with Crippen molar-refractivity contribution in [3.05, 3.63) is 48.9 Å². The Bertz CT molecular complexity index is 516. The van der Waals surface area contributed by atoms with Gasteiger partial charge in [-0.3, -0.25) is 0 Å². The highest BCUT2D eigenvalue weighted by Gasteiger charge is 2.02. The van der Waals surface area contributed by atoms with Crippen LogP contribution in [0.2, 0.25) is 0 Å². The number of aryl methyl sites for hydroxylation is 1. The third-order valence-electron chi connectivity index (χ3n) is 3.41. The molecular formula is C18H23O. The molecule has 1 heteroatoms. The number of benzene rings is 2. The number of hydrogen-bond donors (Lipinski definition) is 0. The lowest BCUT2D eigenvalue weighted by Crippen LogP contribution is -1.97. The van der Waals surface area contributed by atoms with Gasteiger partial charge in [0, 0.05) is 0 Å². The lowest BCUT2D eigenvalue weighted by molar-refractivity contribution is 0.306. The van der Waals surface area contributed by atoms with E-state index in [9.17, 15) is 0 Å². The molecule has 0 aliphatic carbocycles.